The molecule has 10 heteroatoms. The fourth-order valence-electron chi connectivity index (χ4n) is 5.17. The summed E-state index contributed by atoms with van der Waals surface area (Å²) < 4.78 is 47.9. The van der Waals surface area contributed by atoms with E-state index in [0.717, 1.165) is 54.8 Å². The lowest BCUT2D eigenvalue weighted by Gasteiger charge is -2.32. The predicted octanol–water partition coefficient (Wildman–Crippen LogP) is 5.99. The highest BCUT2D eigenvalue weighted by atomic mass is 32.1. The standard InChI is InChI=1S/C29H31F3N4O2S/c1-19(22-6-4-5-7-23(22)29(30,31)32)14-21-16-26(39-27(21)28(37)38-3)36-18-33-24-9-8-20(15-25(24)36)17-35-12-10-34(2)11-13-35/h4-9,15-16,18-19H,10-14,17H2,1-3H3. The Morgan fingerprint density at radius 1 is 1.10 bits per heavy atom. The number of carbonyl (C=O) groups is 1. The van der Waals surface area contributed by atoms with Gasteiger partial charge in [0.05, 0.1) is 23.7 Å². The Bertz CT molecular complexity index is 1470. The Morgan fingerprint density at radius 2 is 1.85 bits per heavy atom. The summed E-state index contributed by atoms with van der Waals surface area (Å²) in [6, 6.07) is 13.7. The summed E-state index contributed by atoms with van der Waals surface area (Å²) in [6.45, 7) is 6.70. The Kier molecular flexibility index (Phi) is 7.80. The maximum Gasteiger partial charge on any atom is 0.416 e. The molecule has 1 atom stereocenters. The Morgan fingerprint density at radius 3 is 2.56 bits per heavy atom. The van der Waals surface area contributed by atoms with Gasteiger partial charge in [0, 0.05) is 32.7 Å². The number of rotatable bonds is 7. The molecule has 1 saturated heterocycles. The summed E-state index contributed by atoms with van der Waals surface area (Å²) in [6.07, 6.45) is -2.47. The molecule has 1 unspecified atom stereocenters. The molecule has 2 aromatic heterocycles. The molecule has 0 spiro atoms. The SMILES string of the molecule is COC(=O)c1sc(-n2cnc3ccc(CN4CCN(C)CC4)cc32)cc1CC(C)c1ccccc1C(F)(F)F. The first-order chi connectivity index (χ1) is 18.6. The zero-order valence-electron chi connectivity index (χ0n) is 22.2. The van der Waals surface area contributed by atoms with E-state index in [1.54, 1.807) is 19.3 Å². The van der Waals surface area contributed by atoms with Crippen LogP contribution < -0.4 is 0 Å². The average molecular weight is 557 g/mol. The highest BCUT2D eigenvalue weighted by molar-refractivity contribution is 7.16. The summed E-state index contributed by atoms with van der Waals surface area (Å²) >= 11 is 1.26. The fraction of sp³-hybridized carbons (Fsp3) is 0.379. The minimum atomic E-state index is -4.45. The summed E-state index contributed by atoms with van der Waals surface area (Å²) in [7, 11) is 3.45. The largest absolute Gasteiger partial charge is 0.465 e. The van der Waals surface area contributed by atoms with Crippen LogP contribution in [0.1, 0.15) is 44.8 Å². The maximum absolute atomic E-state index is 13.7. The van der Waals surface area contributed by atoms with E-state index >= 15 is 0 Å². The Balaban J connectivity index is 1.46. The van der Waals surface area contributed by atoms with Crippen molar-refractivity contribution in [3.05, 3.63) is 82.0 Å². The van der Waals surface area contributed by atoms with Gasteiger partial charge in [0.2, 0.25) is 0 Å². The molecule has 0 radical (unpaired) electrons. The molecule has 0 bridgehead atoms. The number of likely N-dealkylation sites (N-methyl/N-ethyl adjacent to an activating group) is 1. The average Bonchev–Trinajstić information content (AvgIpc) is 3.53. The monoisotopic (exact) mass is 556 g/mol. The van der Waals surface area contributed by atoms with E-state index in [-0.39, 0.29) is 12.0 Å². The van der Waals surface area contributed by atoms with Crippen molar-refractivity contribution in [3.8, 4) is 5.00 Å². The van der Waals surface area contributed by atoms with Crippen molar-refractivity contribution in [1.29, 1.82) is 0 Å². The number of hydrogen-bond acceptors (Lipinski definition) is 6. The van der Waals surface area contributed by atoms with Gasteiger partial charge in [0.15, 0.2) is 0 Å². The Labute approximate surface area is 229 Å². The highest BCUT2D eigenvalue weighted by Gasteiger charge is 2.34. The number of methoxy groups -OCH3 is 1. The van der Waals surface area contributed by atoms with Crippen molar-refractivity contribution in [2.24, 2.45) is 0 Å². The van der Waals surface area contributed by atoms with Crippen LogP contribution in [0.25, 0.3) is 16.0 Å². The quantitative estimate of drug-likeness (QED) is 0.262. The topological polar surface area (TPSA) is 50.6 Å². The van der Waals surface area contributed by atoms with Crippen LogP contribution in [-0.4, -0.2) is 65.7 Å². The van der Waals surface area contributed by atoms with E-state index in [0.29, 0.717) is 10.4 Å². The second-order valence-electron chi connectivity index (χ2n) is 10.1. The van der Waals surface area contributed by atoms with Crippen molar-refractivity contribution in [3.63, 3.8) is 0 Å². The molecule has 0 aliphatic carbocycles. The van der Waals surface area contributed by atoms with Crippen LogP contribution in [0.4, 0.5) is 13.2 Å². The van der Waals surface area contributed by atoms with E-state index in [9.17, 15) is 18.0 Å². The molecule has 1 fully saturated rings. The number of thiophene rings is 1. The van der Waals surface area contributed by atoms with Crippen LogP contribution in [0.2, 0.25) is 0 Å². The molecule has 2 aromatic carbocycles. The van der Waals surface area contributed by atoms with E-state index < -0.39 is 23.6 Å². The van der Waals surface area contributed by atoms with Crippen LogP contribution in [0.5, 0.6) is 0 Å². The third-order valence-corrected chi connectivity index (χ3v) is 8.50. The normalized spacial score (nSPS) is 16.1. The molecule has 1 aliphatic heterocycles. The number of aromatic nitrogens is 2. The summed E-state index contributed by atoms with van der Waals surface area (Å²) in [5, 5.41) is 0.765. The van der Waals surface area contributed by atoms with Crippen molar-refractivity contribution < 1.29 is 22.7 Å². The van der Waals surface area contributed by atoms with E-state index in [2.05, 4.69) is 34.0 Å². The second kappa shape index (κ2) is 11.1. The fourth-order valence-corrected chi connectivity index (χ4v) is 6.26. The number of fused-ring (bicyclic) bond motifs is 1. The zero-order chi connectivity index (χ0) is 27.7. The second-order valence-corrected chi connectivity index (χ2v) is 11.2. The van der Waals surface area contributed by atoms with E-state index in [4.69, 9.17) is 4.74 Å². The van der Waals surface area contributed by atoms with Crippen LogP contribution in [0.15, 0.2) is 54.9 Å². The number of alkyl halides is 3. The molecule has 206 valence electrons. The van der Waals surface area contributed by atoms with Gasteiger partial charge in [-0.05, 0) is 60.3 Å². The zero-order valence-corrected chi connectivity index (χ0v) is 23.0. The number of imidazole rings is 1. The molecule has 0 saturated carbocycles. The van der Waals surface area contributed by atoms with Gasteiger partial charge in [-0.25, -0.2) is 9.78 Å². The number of esters is 1. The van der Waals surface area contributed by atoms with Gasteiger partial charge < -0.3 is 9.64 Å². The van der Waals surface area contributed by atoms with Crippen LogP contribution in [-0.2, 0) is 23.9 Å². The smallest absolute Gasteiger partial charge is 0.416 e. The molecule has 0 amide bonds. The minimum absolute atomic E-state index is 0.204. The molecular formula is C29H31F3N4O2S. The van der Waals surface area contributed by atoms with E-state index in [1.165, 1.54) is 36.1 Å². The number of hydrogen-bond donors (Lipinski definition) is 0. The molecule has 0 N–H and O–H groups in total. The first-order valence-electron chi connectivity index (χ1n) is 12.9. The van der Waals surface area contributed by atoms with Gasteiger partial charge in [-0.1, -0.05) is 31.2 Å². The molecule has 1 aliphatic rings. The molecule has 5 rings (SSSR count). The highest BCUT2D eigenvalue weighted by Crippen LogP contribution is 2.38. The van der Waals surface area contributed by atoms with Crippen molar-refractivity contribution in [2.45, 2.75) is 32.0 Å². The van der Waals surface area contributed by atoms with Gasteiger partial charge in [0.1, 0.15) is 16.2 Å². The first kappa shape index (κ1) is 27.4. The molecule has 39 heavy (non-hydrogen) atoms. The molecule has 6 nitrogen and oxygen atoms in total. The summed E-state index contributed by atoms with van der Waals surface area (Å²) in [5.74, 6) is -0.971. The van der Waals surface area contributed by atoms with Crippen molar-refractivity contribution in [1.82, 2.24) is 19.4 Å². The molecule has 4 aromatic rings. The third-order valence-electron chi connectivity index (χ3n) is 7.34. The summed E-state index contributed by atoms with van der Waals surface area (Å²) in [5.41, 5.74) is 3.13. The number of ether oxygens (including phenoxy) is 1. The summed E-state index contributed by atoms with van der Waals surface area (Å²) in [4.78, 5) is 22.4. The lowest BCUT2D eigenvalue weighted by molar-refractivity contribution is -0.138. The predicted molar refractivity (Wildman–Crippen MR) is 147 cm³/mol. The number of nitrogens with zero attached hydrogens (tertiary/aromatic N) is 4. The molecule has 3 heterocycles. The number of carbonyl (C=O) groups excluding carboxylic acids is 1. The minimum Gasteiger partial charge on any atom is -0.465 e. The van der Waals surface area contributed by atoms with Crippen LogP contribution >= 0.6 is 11.3 Å². The third kappa shape index (κ3) is 5.88. The van der Waals surface area contributed by atoms with Crippen LogP contribution in [0.3, 0.4) is 0 Å². The van der Waals surface area contributed by atoms with Crippen molar-refractivity contribution >= 4 is 28.3 Å². The van der Waals surface area contributed by atoms with Crippen LogP contribution in [0, 0.1) is 0 Å². The lowest BCUT2D eigenvalue weighted by atomic mass is 9.90. The van der Waals surface area contributed by atoms with Gasteiger partial charge >= 0.3 is 12.1 Å². The lowest BCUT2D eigenvalue weighted by Crippen LogP contribution is -2.43. The van der Waals surface area contributed by atoms with E-state index in [1.807, 2.05) is 16.7 Å². The van der Waals surface area contributed by atoms with Gasteiger partial charge in [-0.15, -0.1) is 11.3 Å². The molecular weight excluding hydrogens is 525 g/mol. The maximum atomic E-state index is 13.7. The first-order valence-corrected chi connectivity index (χ1v) is 13.7. The number of piperazine rings is 1. The van der Waals surface area contributed by atoms with Gasteiger partial charge in [0.25, 0.3) is 0 Å². The Hall–Kier alpha value is -3.21. The van der Waals surface area contributed by atoms with Gasteiger partial charge in [-0.2, -0.15) is 13.2 Å². The number of halogens is 3. The number of benzene rings is 2. The van der Waals surface area contributed by atoms with Gasteiger partial charge in [-0.3, -0.25) is 9.47 Å². The van der Waals surface area contributed by atoms with Crippen molar-refractivity contribution in [2.75, 3.05) is 40.3 Å².